The third kappa shape index (κ3) is 3.91. The molecule has 1 aromatic rings. The Morgan fingerprint density at radius 2 is 2.06 bits per heavy atom. The Labute approximate surface area is 193 Å². The lowest BCUT2D eigenvalue weighted by Gasteiger charge is -2.56. The summed E-state index contributed by atoms with van der Waals surface area (Å²) < 4.78 is 20.9. The molecule has 0 saturated carbocycles. The van der Waals surface area contributed by atoms with Gasteiger partial charge >= 0.3 is 5.97 Å². The predicted octanol–water partition coefficient (Wildman–Crippen LogP) is 2.22. The molecule has 1 aromatic carbocycles. The maximum Gasteiger partial charge on any atom is 0.330 e. The first-order chi connectivity index (χ1) is 15.9. The summed E-state index contributed by atoms with van der Waals surface area (Å²) in [5, 5.41) is 11.3. The van der Waals surface area contributed by atoms with Crippen LogP contribution in [-0.4, -0.2) is 75.9 Å². The Morgan fingerprint density at radius 1 is 1.27 bits per heavy atom. The molecule has 0 amide bonds. The van der Waals surface area contributed by atoms with E-state index in [2.05, 4.69) is 11.9 Å². The number of ketones is 1. The molecule has 1 fully saturated rings. The van der Waals surface area contributed by atoms with Crippen LogP contribution in [0.3, 0.4) is 0 Å². The number of hydrogen-bond acceptors (Lipinski definition) is 8. The molecule has 3 aliphatic rings. The van der Waals surface area contributed by atoms with Gasteiger partial charge in [0.05, 0.1) is 20.8 Å². The summed E-state index contributed by atoms with van der Waals surface area (Å²) in [4.78, 5) is 27.4. The second kappa shape index (κ2) is 9.19. The number of methoxy groups -OCH3 is 3. The number of rotatable bonds is 7. The average Bonchev–Trinajstić information content (AvgIpc) is 2.80. The van der Waals surface area contributed by atoms with Crippen molar-refractivity contribution < 1.29 is 33.6 Å². The van der Waals surface area contributed by atoms with Gasteiger partial charge in [0, 0.05) is 42.5 Å². The number of likely N-dealkylation sites (tertiary alicyclic amines) is 1. The van der Waals surface area contributed by atoms with E-state index in [1.165, 1.54) is 20.3 Å². The molecule has 1 aliphatic heterocycles. The molecule has 0 unspecified atom stereocenters. The molecule has 1 N–H and O–H groups in total. The van der Waals surface area contributed by atoms with Gasteiger partial charge < -0.3 is 29.0 Å². The van der Waals surface area contributed by atoms with Crippen molar-refractivity contribution in [3.63, 3.8) is 0 Å². The molecule has 4 rings (SSSR count). The Balaban J connectivity index is 1.83. The smallest absolute Gasteiger partial charge is 0.330 e. The van der Waals surface area contributed by atoms with Crippen molar-refractivity contribution in [3.8, 4) is 11.5 Å². The van der Waals surface area contributed by atoms with Crippen molar-refractivity contribution >= 4 is 17.8 Å². The number of Topliss-reactive ketones (excluding diaryl/α,β-unsaturated/α-hetero) is 1. The maximum atomic E-state index is 13.0. The van der Waals surface area contributed by atoms with Gasteiger partial charge in [0.15, 0.2) is 23.0 Å². The van der Waals surface area contributed by atoms with Gasteiger partial charge in [-0.15, -0.1) is 0 Å². The molecule has 0 aromatic heterocycles. The summed E-state index contributed by atoms with van der Waals surface area (Å²) >= 11 is 0. The van der Waals surface area contributed by atoms with E-state index in [1.54, 1.807) is 19.3 Å². The number of phenolic OH excluding ortho intramolecular Hbond substituents is 1. The normalized spacial score (nSPS) is 26.4. The van der Waals surface area contributed by atoms with Crippen LogP contribution in [0.4, 0.5) is 0 Å². The number of hydrogen-bond donors (Lipinski definition) is 1. The van der Waals surface area contributed by atoms with Crippen LogP contribution in [0.1, 0.15) is 29.5 Å². The number of esters is 1. The number of aromatic hydroxyl groups is 1. The first kappa shape index (κ1) is 23.3. The second-order valence-corrected chi connectivity index (χ2v) is 8.88. The minimum atomic E-state index is -0.552. The van der Waals surface area contributed by atoms with E-state index in [0.29, 0.717) is 24.5 Å². The first-order valence-electron chi connectivity index (χ1n) is 11.1. The topological polar surface area (TPSA) is 94.5 Å². The highest BCUT2D eigenvalue weighted by molar-refractivity contribution is 5.96. The molecule has 3 atom stereocenters. The van der Waals surface area contributed by atoms with E-state index in [9.17, 15) is 14.7 Å². The third-order valence-electron chi connectivity index (χ3n) is 7.30. The largest absolute Gasteiger partial charge is 0.504 e. The molecule has 2 aliphatic carbocycles. The quantitative estimate of drug-likeness (QED) is 0.378. The van der Waals surface area contributed by atoms with Crippen molar-refractivity contribution in [2.24, 2.45) is 5.92 Å². The van der Waals surface area contributed by atoms with Crippen molar-refractivity contribution in [2.75, 3.05) is 48.1 Å². The molecular formula is C25H31NO7. The molecule has 0 radical (unpaired) electrons. The lowest BCUT2D eigenvalue weighted by Crippen LogP contribution is -2.60. The van der Waals surface area contributed by atoms with E-state index in [1.807, 2.05) is 6.08 Å². The number of nitrogens with zero attached hydrogens (tertiary/aromatic N) is 1. The molecule has 1 heterocycles. The molecule has 8 heteroatoms. The van der Waals surface area contributed by atoms with Gasteiger partial charge in [0.2, 0.25) is 0 Å². The van der Waals surface area contributed by atoms with Crippen molar-refractivity contribution in [2.45, 2.75) is 30.7 Å². The fourth-order valence-electron chi connectivity index (χ4n) is 5.71. The minimum Gasteiger partial charge on any atom is -0.504 e. The summed E-state index contributed by atoms with van der Waals surface area (Å²) in [5.74, 6) is 0.261. The fraction of sp³-hybridized carbons (Fsp3) is 0.520. The summed E-state index contributed by atoms with van der Waals surface area (Å²) in [7, 11) is 6.65. The summed E-state index contributed by atoms with van der Waals surface area (Å²) in [6.45, 7) is 1.31. The van der Waals surface area contributed by atoms with Crippen LogP contribution in [-0.2, 0) is 35.6 Å². The number of benzene rings is 1. The van der Waals surface area contributed by atoms with Gasteiger partial charge in [-0.3, -0.25) is 4.79 Å². The van der Waals surface area contributed by atoms with Crippen molar-refractivity contribution in [3.05, 3.63) is 40.7 Å². The van der Waals surface area contributed by atoms with Crippen LogP contribution in [0.2, 0.25) is 0 Å². The van der Waals surface area contributed by atoms with E-state index < -0.39 is 11.4 Å². The van der Waals surface area contributed by atoms with Gasteiger partial charge in [-0.25, -0.2) is 4.79 Å². The van der Waals surface area contributed by atoms with Crippen LogP contribution >= 0.6 is 0 Å². The van der Waals surface area contributed by atoms with Gasteiger partial charge in [-0.05, 0) is 55.8 Å². The first-order valence-corrected chi connectivity index (χ1v) is 11.1. The number of ether oxygens (including phenoxy) is 4. The second-order valence-electron chi connectivity index (χ2n) is 8.88. The standard InChI is InChI=1S/C25H31NO7/c1-26-8-7-25-14-19(27)20(31-3)13-17(25)18(26)12-16-15(5-6-22(28)33-10-9-30-2)11-21(32-4)24(29)23(16)25/h5-6,11,13,17-18,29H,7-10,12,14H2,1-4H3/b6-5+/t17-,18+,25-/m0/s1. The summed E-state index contributed by atoms with van der Waals surface area (Å²) in [6.07, 6.45) is 6.66. The van der Waals surface area contributed by atoms with Crippen molar-refractivity contribution in [1.82, 2.24) is 4.90 Å². The number of phenols is 1. The van der Waals surface area contributed by atoms with Gasteiger partial charge in [0.1, 0.15) is 6.61 Å². The van der Waals surface area contributed by atoms with Gasteiger partial charge in [-0.1, -0.05) is 0 Å². The number of likely N-dealkylation sites (N-methyl/N-ethyl adjacent to an activating group) is 1. The average molecular weight is 458 g/mol. The van der Waals surface area contributed by atoms with Crippen molar-refractivity contribution in [1.29, 1.82) is 0 Å². The zero-order valence-corrected chi connectivity index (χ0v) is 19.6. The van der Waals surface area contributed by atoms with E-state index in [-0.39, 0.29) is 36.5 Å². The highest BCUT2D eigenvalue weighted by Gasteiger charge is 2.57. The van der Waals surface area contributed by atoms with Crippen LogP contribution in [0.5, 0.6) is 11.5 Å². The molecule has 0 spiro atoms. The SMILES string of the molecule is COCCOC(=O)/C=C/c1cc(OC)c(O)c2c1C[C@@H]1[C@@H]3C=C(OC)C(=O)C[C@]23CCN1C. The van der Waals surface area contributed by atoms with Crippen LogP contribution in [0.25, 0.3) is 6.08 Å². The number of fused-ring (bicyclic) bond motifs is 1. The predicted molar refractivity (Wildman–Crippen MR) is 121 cm³/mol. The lowest BCUT2D eigenvalue weighted by atomic mass is 9.53. The molecule has 8 nitrogen and oxygen atoms in total. The monoisotopic (exact) mass is 457 g/mol. The van der Waals surface area contributed by atoms with Gasteiger partial charge in [-0.2, -0.15) is 0 Å². The molecule has 178 valence electrons. The molecule has 33 heavy (non-hydrogen) atoms. The lowest BCUT2D eigenvalue weighted by molar-refractivity contribution is -0.138. The van der Waals surface area contributed by atoms with Crippen LogP contribution < -0.4 is 4.74 Å². The minimum absolute atomic E-state index is 0.0187. The highest BCUT2D eigenvalue weighted by atomic mass is 16.6. The Bertz CT molecular complexity index is 1010. The molecular weight excluding hydrogens is 426 g/mol. The Hall–Kier alpha value is -2.84. The number of carbonyl (C=O) groups is 2. The van der Waals surface area contributed by atoms with E-state index >= 15 is 0 Å². The van der Waals surface area contributed by atoms with E-state index in [4.69, 9.17) is 18.9 Å². The third-order valence-corrected chi connectivity index (χ3v) is 7.30. The maximum absolute atomic E-state index is 13.0. The zero-order valence-electron chi connectivity index (χ0n) is 19.6. The molecule has 2 bridgehead atoms. The summed E-state index contributed by atoms with van der Waals surface area (Å²) in [6, 6.07) is 1.87. The summed E-state index contributed by atoms with van der Waals surface area (Å²) in [5.41, 5.74) is 1.91. The number of piperidine rings is 1. The molecule has 1 saturated heterocycles. The van der Waals surface area contributed by atoms with Crippen LogP contribution in [0, 0.1) is 5.92 Å². The zero-order chi connectivity index (χ0) is 23.8. The van der Waals surface area contributed by atoms with Gasteiger partial charge in [0.25, 0.3) is 0 Å². The number of allylic oxidation sites excluding steroid dienone is 1. The van der Waals surface area contributed by atoms with Crippen LogP contribution in [0.15, 0.2) is 24.0 Å². The number of carbonyl (C=O) groups excluding carboxylic acids is 2. The van der Waals surface area contributed by atoms with E-state index in [0.717, 1.165) is 29.7 Å². The Kier molecular flexibility index (Phi) is 6.50. The highest BCUT2D eigenvalue weighted by Crippen LogP contribution is 2.58. The fourth-order valence-corrected chi connectivity index (χ4v) is 5.71. The Morgan fingerprint density at radius 3 is 2.76 bits per heavy atom.